The van der Waals surface area contributed by atoms with Crippen molar-refractivity contribution >= 4 is 11.9 Å². The predicted molar refractivity (Wildman–Crippen MR) is 105 cm³/mol. The number of nitrogens with two attached hydrogens (primary N) is 1. The number of benzene rings is 1. The van der Waals surface area contributed by atoms with E-state index in [-0.39, 0.29) is 17.4 Å². The maximum absolute atomic E-state index is 12.4. The van der Waals surface area contributed by atoms with Crippen LogP contribution in [0.5, 0.6) is 0 Å². The van der Waals surface area contributed by atoms with Gasteiger partial charge in [-0.3, -0.25) is 4.79 Å². The Hall–Kier alpha value is -2.59. The average molecular weight is 368 g/mol. The molecule has 2 saturated carbocycles. The minimum atomic E-state index is -0.647. The molecule has 0 heterocycles. The van der Waals surface area contributed by atoms with Crippen molar-refractivity contribution in [3.05, 3.63) is 35.9 Å². The monoisotopic (exact) mass is 368 g/mol. The van der Waals surface area contributed by atoms with Crippen molar-refractivity contribution in [1.29, 1.82) is 5.26 Å². The molecule has 1 aromatic rings. The predicted octanol–water partition coefficient (Wildman–Crippen LogP) is 1.12. The van der Waals surface area contributed by atoms with Gasteiger partial charge < -0.3 is 21.7 Å². The topological polar surface area (TPSA) is 115 Å². The second-order valence-electron chi connectivity index (χ2n) is 7.71. The van der Waals surface area contributed by atoms with E-state index in [0.29, 0.717) is 12.5 Å². The Balaban J connectivity index is 1.68. The molecule has 3 rings (SSSR count). The summed E-state index contributed by atoms with van der Waals surface area (Å²) in [5.41, 5.74) is 6.56. The molecule has 0 saturated heterocycles. The van der Waals surface area contributed by atoms with Gasteiger partial charge in [0.15, 0.2) is 0 Å². The van der Waals surface area contributed by atoms with Crippen LogP contribution in [0.25, 0.3) is 0 Å². The van der Waals surface area contributed by atoms with Gasteiger partial charge in [0.05, 0.1) is 5.54 Å². The zero-order chi connectivity index (χ0) is 19.3. The van der Waals surface area contributed by atoms with Crippen molar-refractivity contribution in [2.24, 2.45) is 10.7 Å². The summed E-state index contributed by atoms with van der Waals surface area (Å²) in [4.78, 5) is 16.1. The fourth-order valence-electron chi connectivity index (χ4n) is 3.86. The zero-order valence-corrected chi connectivity index (χ0v) is 15.8. The quantitative estimate of drug-likeness (QED) is 0.353. The molecule has 1 aromatic carbocycles. The van der Waals surface area contributed by atoms with Crippen molar-refractivity contribution in [2.75, 3.05) is 13.6 Å². The zero-order valence-electron chi connectivity index (χ0n) is 15.8. The second kappa shape index (κ2) is 7.97. The highest BCUT2D eigenvalue weighted by Gasteiger charge is 2.47. The summed E-state index contributed by atoms with van der Waals surface area (Å²) in [5, 5.41) is 18.1. The lowest BCUT2D eigenvalue weighted by atomic mass is 9.68. The second-order valence-corrected chi connectivity index (χ2v) is 7.71. The first kappa shape index (κ1) is 19.2. The molecule has 1 amide bonds. The van der Waals surface area contributed by atoms with Gasteiger partial charge in [-0.15, -0.1) is 4.99 Å². The van der Waals surface area contributed by atoms with Crippen LogP contribution in [0, 0.1) is 11.5 Å². The van der Waals surface area contributed by atoms with E-state index < -0.39 is 5.54 Å². The minimum absolute atomic E-state index is 0.0309. The summed E-state index contributed by atoms with van der Waals surface area (Å²) in [6.07, 6.45) is 7.10. The van der Waals surface area contributed by atoms with E-state index >= 15 is 0 Å². The molecule has 2 fully saturated rings. The van der Waals surface area contributed by atoms with Gasteiger partial charge in [-0.1, -0.05) is 30.3 Å². The van der Waals surface area contributed by atoms with Crippen LogP contribution in [0.3, 0.4) is 0 Å². The van der Waals surface area contributed by atoms with Crippen LogP contribution in [0.4, 0.5) is 0 Å². The molecule has 7 heteroatoms. The number of amides is 1. The van der Waals surface area contributed by atoms with Gasteiger partial charge in [-0.05, 0) is 44.1 Å². The molecule has 7 nitrogen and oxygen atoms in total. The maximum atomic E-state index is 12.4. The van der Waals surface area contributed by atoms with Crippen molar-refractivity contribution in [3.8, 4) is 6.19 Å². The van der Waals surface area contributed by atoms with E-state index in [1.54, 1.807) is 13.2 Å². The molecule has 0 atom stereocenters. The molecule has 144 valence electrons. The summed E-state index contributed by atoms with van der Waals surface area (Å²) < 4.78 is 0. The van der Waals surface area contributed by atoms with E-state index in [1.807, 2.05) is 18.2 Å². The van der Waals surface area contributed by atoms with Gasteiger partial charge in [-0.25, -0.2) is 0 Å². The first-order valence-electron chi connectivity index (χ1n) is 9.55. The Kier molecular flexibility index (Phi) is 5.66. The van der Waals surface area contributed by atoms with Gasteiger partial charge >= 0.3 is 0 Å². The van der Waals surface area contributed by atoms with Crippen LogP contribution in [0.1, 0.15) is 44.1 Å². The molecule has 2 aliphatic carbocycles. The van der Waals surface area contributed by atoms with Gasteiger partial charge in [-0.2, -0.15) is 5.26 Å². The number of carbonyl (C=O) groups is 1. The third-order valence-electron chi connectivity index (χ3n) is 5.90. The van der Waals surface area contributed by atoms with Gasteiger partial charge in [0.1, 0.15) is 0 Å². The lowest BCUT2D eigenvalue weighted by Gasteiger charge is -2.41. The van der Waals surface area contributed by atoms with E-state index in [0.717, 1.165) is 38.5 Å². The fourth-order valence-corrected chi connectivity index (χ4v) is 3.86. The maximum Gasteiger partial charge on any atom is 0.240 e. The third kappa shape index (κ3) is 4.40. The SMILES string of the molecule is CN/C(=N\C#N)N[C@H]1CC[C@](CNC(=O)C2(N)CC2)(c2ccccc2)CC1. The standard InChI is InChI=1S/C20H28N6O/c1-23-18(25-14-21)26-16-7-9-19(10-8-16,15-5-3-2-4-6-15)13-24-17(27)20(22)11-12-20/h2-6,16H,7-13,22H2,1H3,(H,24,27)(H2,23,25,26)/t16-,19-. The van der Waals surface area contributed by atoms with Crippen molar-refractivity contribution < 1.29 is 4.79 Å². The molecule has 0 radical (unpaired) electrons. The number of carbonyl (C=O) groups excluding carboxylic acids is 1. The van der Waals surface area contributed by atoms with Crippen molar-refractivity contribution in [2.45, 2.75) is 55.5 Å². The highest BCUT2D eigenvalue weighted by molar-refractivity contribution is 5.89. The van der Waals surface area contributed by atoms with Crippen molar-refractivity contribution in [3.63, 3.8) is 0 Å². The Morgan fingerprint density at radius 3 is 2.48 bits per heavy atom. The van der Waals surface area contributed by atoms with Gasteiger partial charge in [0.25, 0.3) is 0 Å². The minimum Gasteiger partial charge on any atom is -0.359 e. The fraction of sp³-hybridized carbons (Fsp3) is 0.550. The number of aliphatic imine (C=N–C) groups is 1. The van der Waals surface area contributed by atoms with Crippen LogP contribution in [0.2, 0.25) is 0 Å². The van der Waals surface area contributed by atoms with Crippen LogP contribution < -0.4 is 21.7 Å². The number of nitrogens with zero attached hydrogens (tertiary/aromatic N) is 2. The third-order valence-corrected chi connectivity index (χ3v) is 5.90. The molecule has 0 spiro atoms. The first-order chi connectivity index (χ1) is 13.0. The number of guanidine groups is 1. The molecule has 5 N–H and O–H groups in total. The summed E-state index contributed by atoms with van der Waals surface area (Å²) in [5.74, 6) is 0.471. The smallest absolute Gasteiger partial charge is 0.240 e. The molecule has 0 aromatic heterocycles. The lowest BCUT2D eigenvalue weighted by molar-refractivity contribution is -0.123. The summed E-state index contributed by atoms with van der Waals surface area (Å²) >= 11 is 0. The molecule has 0 bridgehead atoms. The van der Waals surface area contributed by atoms with Crippen LogP contribution >= 0.6 is 0 Å². The van der Waals surface area contributed by atoms with E-state index in [1.165, 1.54) is 5.56 Å². The molecule has 2 aliphatic rings. The van der Waals surface area contributed by atoms with Crippen LogP contribution in [-0.2, 0) is 10.2 Å². The molecular formula is C20H28N6O. The number of nitrogens with one attached hydrogen (secondary N) is 3. The average Bonchev–Trinajstić information content (AvgIpc) is 3.46. The summed E-state index contributed by atoms with van der Waals surface area (Å²) in [6, 6.07) is 10.7. The van der Waals surface area contributed by atoms with Gasteiger partial charge in [0, 0.05) is 25.0 Å². The number of nitriles is 1. The Morgan fingerprint density at radius 1 is 1.26 bits per heavy atom. The van der Waals surface area contributed by atoms with E-state index in [4.69, 9.17) is 11.0 Å². The molecule has 27 heavy (non-hydrogen) atoms. The highest BCUT2D eigenvalue weighted by Crippen LogP contribution is 2.40. The molecule has 0 unspecified atom stereocenters. The van der Waals surface area contributed by atoms with Gasteiger partial charge in [0.2, 0.25) is 18.1 Å². The highest BCUT2D eigenvalue weighted by atomic mass is 16.2. The lowest BCUT2D eigenvalue weighted by Crippen LogP contribution is -2.51. The van der Waals surface area contributed by atoms with E-state index in [9.17, 15) is 4.79 Å². The number of hydrogen-bond acceptors (Lipinski definition) is 4. The summed E-state index contributed by atoms with van der Waals surface area (Å²) in [7, 11) is 1.75. The largest absolute Gasteiger partial charge is 0.359 e. The Bertz CT molecular complexity index is 727. The molecule has 0 aliphatic heterocycles. The number of rotatable bonds is 5. The first-order valence-corrected chi connectivity index (χ1v) is 9.55. The van der Waals surface area contributed by atoms with Crippen molar-refractivity contribution in [1.82, 2.24) is 16.0 Å². The Morgan fingerprint density at radius 2 is 1.93 bits per heavy atom. The van der Waals surface area contributed by atoms with Crippen LogP contribution in [-0.4, -0.2) is 37.0 Å². The van der Waals surface area contributed by atoms with E-state index in [2.05, 4.69) is 33.1 Å². The normalized spacial score (nSPS) is 26.6. The molecular weight excluding hydrogens is 340 g/mol. The summed E-state index contributed by atoms with van der Waals surface area (Å²) in [6.45, 7) is 0.604. The number of hydrogen-bond donors (Lipinski definition) is 4. The van der Waals surface area contributed by atoms with Crippen LogP contribution in [0.15, 0.2) is 35.3 Å². The Labute approximate surface area is 160 Å².